The Kier molecular flexibility index (Phi) is 5.83. The number of likely N-dealkylation sites (N-methyl/N-ethyl adjacent to an activating group) is 1. The number of urea groups is 1. The molecular weight excluding hydrogens is 366 g/mol. The predicted molar refractivity (Wildman–Crippen MR) is 112 cm³/mol. The number of carbonyl (C=O) groups excluding carboxylic acids is 2. The number of nitriles is 1. The van der Waals surface area contributed by atoms with Crippen molar-refractivity contribution in [1.82, 2.24) is 14.8 Å². The Morgan fingerprint density at radius 1 is 1.17 bits per heavy atom. The van der Waals surface area contributed by atoms with Gasteiger partial charge in [-0.3, -0.25) is 9.69 Å². The van der Waals surface area contributed by atoms with Crippen LogP contribution in [0.2, 0.25) is 0 Å². The number of nitrogens with zero attached hydrogens (tertiary/aromatic N) is 5. The van der Waals surface area contributed by atoms with E-state index in [0.717, 1.165) is 5.69 Å². The molecule has 0 aromatic carbocycles. The molecule has 7 nitrogen and oxygen atoms in total. The number of hydrogen-bond donors (Lipinski definition) is 0. The average molecular weight is 398 g/mol. The van der Waals surface area contributed by atoms with E-state index in [4.69, 9.17) is 4.98 Å². The molecule has 1 spiro atoms. The quantitative estimate of drug-likeness (QED) is 0.712. The number of carbonyl (C=O) groups is 2. The summed E-state index contributed by atoms with van der Waals surface area (Å²) in [5.74, 6) is 1.17. The topological polar surface area (TPSA) is 80.5 Å². The van der Waals surface area contributed by atoms with Crippen LogP contribution in [0, 0.1) is 17.2 Å². The molecule has 2 saturated heterocycles. The van der Waals surface area contributed by atoms with Crippen molar-refractivity contribution in [3.05, 3.63) is 23.4 Å². The van der Waals surface area contributed by atoms with Crippen molar-refractivity contribution >= 4 is 17.8 Å². The van der Waals surface area contributed by atoms with Crippen molar-refractivity contribution in [2.45, 2.75) is 58.9 Å². The molecule has 0 aliphatic carbocycles. The summed E-state index contributed by atoms with van der Waals surface area (Å²) in [6, 6.07) is 5.81. The standard InChI is InChI=1S/C22H31N5O2/c1-6-26-20(28)22(27(21(26)29)14-15(2)3)9-11-25(12-10-22)19-17(13-23)7-8-18(24-19)16(4)5/h7-8,15-16H,6,9-12,14H2,1-5H3. The van der Waals surface area contributed by atoms with Crippen LogP contribution >= 0.6 is 0 Å². The molecule has 0 atom stereocenters. The summed E-state index contributed by atoms with van der Waals surface area (Å²) >= 11 is 0. The van der Waals surface area contributed by atoms with Crippen LogP contribution in [0.1, 0.15) is 64.6 Å². The molecule has 3 heterocycles. The summed E-state index contributed by atoms with van der Waals surface area (Å²) in [5, 5.41) is 9.54. The van der Waals surface area contributed by atoms with Gasteiger partial charge in [0.05, 0.1) is 5.56 Å². The van der Waals surface area contributed by atoms with Gasteiger partial charge in [-0.15, -0.1) is 0 Å². The first-order chi connectivity index (χ1) is 13.7. The van der Waals surface area contributed by atoms with Gasteiger partial charge < -0.3 is 9.80 Å². The lowest BCUT2D eigenvalue weighted by Crippen LogP contribution is -2.57. The second kappa shape index (κ2) is 8.02. The highest BCUT2D eigenvalue weighted by molar-refractivity contribution is 6.07. The van der Waals surface area contributed by atoms with Crippen LogP contribution < -0.4 is 4.90 Å². The van der Waals surface area contributed by atoms with Crippen molar-refractivity contribution in [3.8, 4) is 6.07 Å². The monoisotopic (exact) mass is 397 g/mol. The number of rotatable bonds is 5. The molecule has 0 bridgehead atoms. The van der Waals surface area contributed by atoms with Crippen LogP contribution in [0.5, 0.6) is 0 Å². The Morgan fingerprint density at radius 2 is 1.83 bits per heavy atom. The lowest BCUT2D eigenvalue weighted by Gasteiger charge is -2.43. The molecule has 1 aromatic rings. The van der Waals surface area contributed by atoms with Crippen molar-refractivity contribution in [2.75, 3.05) is 31.1 Å². The van der Waals surface area contributed by atoms with Gasteiger partial charge in [0.2, 0.25) is 0 Å². The Morgan fingerprint density at radius 3 is 2.34 bits per heavy atom. The van der Waals surface area contributed by atoms with Gasteiger partial charge in [0.1, 0.15) is 17.4 Å². The Balaban J connectivity index is 1.89. The van der Waals surface area contributed by atoms with E-state index < -0.39 is 5.54 Å². The van der Waals surface area contributed by atoms with E-state index in [9.17, 15) is 14.9 Å². The molecule has 0 unspecified atom stereocenters. The first-order valence-electron chi connectivity index (χ1n) is 10.5. The smallest absolute Gasteiger partial charge is 0.327 e. The fraction of sp³-hybridized carbons (Fsp3) is 0.636. The number of amides is 3. The first kappa shape index (κ1) is 21.1. The Hall–Kier alpha value is -2.62. The number of piperidine rings is 1. The maximum absolute atomic E-state index is 13.2. The summed E-state index contributed by atoms with van der Waals surface area (Å²) in [6.07, 6.45) is 1.11. The fourth-order valence-electron chi connectivity index (χ4n) is 4.36. The average Bonchev–Trinajstić information content (AvgIpc) is 2.88. The number of anilines is 1. The second-order valence-electron chi connectivity index (χ2n) is 8.73. The lowest BCUT2D eigenvalue weighted by atomic mass is 9.85. The third-order valence-corrected chi connectivity index (χ3v) is 5.98. The lowest BCUT2D eigenvalue weighted by molar-refractivity contribution is -0.134. The minimum absolute atomic E-state index is 0.0744. The normalized spacial score (nSPS) is 19.0. The summed E-state index contributed by atoms with van der Waals surface area (Å²) in [7, 11) is 0. The second-order valence-corrected chi connectivity index (χ2v) is 8.73. The molecule has 0 N–H and O–H groups in total. The van der Waals surface area contributed by atoms with Gasteiger partial charge in [-0.1, -0.05) is 27.7 Å². The van der Waals surface area contributed by atoms with Crippen molar-refractivity contribution in [2.24, 2.45) is 5.92 Å². The van der Waals surface area contributed by atoms with E-state index in [1.165, 1.54) is 4.90 Å². The summed E-state index contributed by atoms with van der Waals surface area (Å²) in [5.41, 5.74) is 0.731. The fourth-order valence-corrected chi connectivity index (χ4v) is 4.36. The summed E-state index contributed by atoms with van der Waals surface area (Å²) in [4.78, 5) is 36.1. The molecule has 2 fully saturated rings. The zero-order valence-corrected chi connectivity index (χ0v) is 18.1. The van der Waals surface area contributed by atoms with Crippen LogP contribution in [0.3, 0.4) is 0 Å². The van der Waals surface area contributed by atoms with Gasteiger partial charge >= 0.3 is 6.03 Å². The maximum Gasteiger partial charge on any atom is 0.327 e. The molecular formula is C22H31N5O2. The van der Waals surface area contributed by atoms with E-state index >= 15 is 0 Å². The van der Waals surface area contributed by atoms with Gasteiger partial charge in [0, 0.05) is 31.9 Å². The molecule has 2 aliphatic heterocycles. The van der Waals surface area contributed by atoms with Crippen LogP contribution in [0.25, 0.3) is 0 Å². The number of imide groups is 1. The van der Waals surface area contributed by atoms with E-state index in [2.05, 4.69) is 38.7 Å². The van der Waals surface area contributed by atoms with Crippen molar-refractivity contribution < 1.29 is 9.59 Å². The highest BCUT2D eigenvalue weighted by Gasteiger charge is 2.57. The minimum Gasteiger partial charge on any atom is -0.355 e. The zero-order chi connectivity index (χ0) is 21.3. The van der Waals surface area contributed by atoms with E-state index in [1.54, 1.807) is 4.90 Å². The largest absolute Gasteiger partial charge is 0.355 e. The summed E-state index contributed by atoms with van der Waals surface area (Å²) < 4.78 is 0. The molecule has 3 rings (SSSR count). The Labute approximate surface area is 173 Å². The predicted octanol–water partition coefficient (Wildman–Crippen LogP) is 3.36. The van der Waals surface area contributed by atoms with Gasteiger partial charge in [-0.05, 0) is 43.7 Å². The minimum atomic E-state index is -0.768. The molecule has 156 valence electrons. The van der Waals surface area contributed by atoms with Gasteiger partial charge in [0.15, 0.2) is 0 Å². The van der Waals surface area contributed by atoms with Gasteiger partial charge in [-0.25, -0.2) is 9.78 Å². The van der Waals surface area contributed by atoms with Crippen LogP contribution in [-0.4, -0.2) is 58.4 Å². The molecule has 29 heavy (non-hydrogen) atoms. The van der Waals surface area contributed by atoms with E-state index in [1.807, 2.05) is 19.1 Å². The van der Waals surface area contributed by atoms with Crippen molar-refractivity contribution in [1.29, 1.82) is 5.26 Å². The van der Waals surface area contributed by atoms with Crippen LogP contribution in [0.4, 0.5) is 10.6 Å². The van der Waals surface area contributed by atoms with Gasteiger partial charge in [-0.2, -0.15) is 5.26 Å². The molecule has 3 amide bonds. The third kappa shape index (κ3) is 3.57. The van der Waals surface area contributed by atoms with E-state index in [0.29, 0.717) is 50.4 Å². The number of aromatic nitrogens is 1. The van der Waals surface area contributed by atoms with Crippen LogP contribution in [0.15, 0.2) is 12.1 Å². The van der Waals surface area contributed by atoms with E-state index in [-0.39, 0.29) is 23.8 Å². The number of hydrogen-bond acceptors (Lipinski definition) is 5. The van der Waals surface area contributed by atoms with Gasteiger partial charge in [0.25, 0.3) is 5.91 Å². The molecule has 0 radical (unpaired) electrons. The maximum atomic E-state index is 13.2. The first-order valence-corrected chi connectivity index (χ1v) is 10.5. The van der Waals surface area contributed by atoms with Crippen LogP contribution in [-0.2, 0) is 4.79 Å². The molecule has 7 heteroatoms. The zero-order valence-electron chi connectivity index (χ0n) is 18.1. The molecule has 2 aliphatic rings. The van der Waals surface area contributed by atoms with Crippen molar-refractivity contribution in [3.63, 3.8) is 0 Å². The highest BCUT2D eigenvalue weighted by Crippen LogP contribution is 2.39. The third-order valence-electron chi connectivity index (χ3n) is 5.98. The number of pyridine rings is 1. The highest BCUT2D eigenvalue weighted by atomic mass is 16.2. The Bertz CT molecular complexity index is 834. The molecule has 1 aromatic heterocycles. The summed E-state index contributed by atoms with van der Waals surface area (Å²) in [6.45, 7) is 12.3. The molecule has 0 saturated carbocycles. The SMILES string of the molecule is CCN1C(=O)N(CC(C)C)C2(CCN(c3nc(C(C)C)ccc3C#N)CC2)C1=O.